The predicted molar refractivity (Wildman–Crippen MR) is 90.6 cm³/mol. The average Bonchev–Trinajstić information content (AvgIpc) is 3.29. The summed E-state index contributed by atoms with van der Waals surface area (Å²) >= 11 is 5.94. The van der Waals surface area contributed by atoms with Crippen molar-refractivity contribution in [3.8, 4) is 0 Å². The van der Waals surface area contributed by atoms with Crippen molar-refractivity contribution in [1.29, 1.82) is 0 Å². The molecule has 2 aromatic carbocycles. The van der Waals surface area contributed by atoms with Crippen molar-refractivity contribution in [1.82, 2.24) is 5.32 Å². The number of hydrogen-bond donors (Lipinski definition) is 2. The molecule has 1 fully saturated rings. The fourth-order valence-electron chi connectivity index (χ4n) is 2.65. The van der Waals surface area contributed by atoms with Gasteiger partial charge in [-0.1, -0.05) is 41.9 Å². The summed E-state index contributed by atoms with van der Waals surface area (Å²) in [6.45, 7) is 2.62. The van der Waals surface area contributed by atoms with E-state index in [-0.39, 0.29) is 11.4 Å². The Labute approximate surface area is 135 Å². The van der Waals surface area contributed by atoms with Crippen LogP contribution in [0.5, 0.6) is 0 Å². The summed E-state index contributed by atoms with van der Waals surface area (Å²) in [4.78, 5) is 12.1. The largest absolute Gasteiger partial charge is 0.337 e. The molecule has 0 atom stereocenters. The lowest BCUT2D eigenvalue weighted by Gasteiger charge is -2.17. The van der Waals surface area contributed by atoms with Crippen LogP contribution < -0.4 is 10.6 Å². The standard InChI is InChI=1S/C18H19ClN2O/c1-13-4-2-3-5-16(13)21-17(22)20-12-18(10-11-18)14-6-8-15(19)9-7-14/h2-9H,10-12H2,1H3,(H2,20,21,22). The van der Waals surface area contributed by atoms with E-state index < -0.39 is 0 Å². The number of aryl methyl sites for hydroxylation is 1. The number of anilines is 1. The van der Waals surface area contributed by atoms with Crippen LogP contribution in [0.1, 0.15) is 24.0 Å². The van der Waals surface area contributed by atoms with Crippen LogP contribution in [0.2, 0.25) is 5.02 Å². The second-order valence-corrected chi connectivity index (χ2v) is 6.35. The second-order valence-electron chi connectivity index (χ2n) is 5.91. The number of benzene rings is 2. The van der Waals surface area contributed by atoms with Gasteiger partial charge in [-0.3, -0.25) is 0 Å². The van der Waals surface area contributed by atoms with Crippen molar-refractivity contribution in [3.05, 3.63) is 64.7 Å². The Balaban J connectivity index is 1.59. The molecular weight excluding hydrogens is 296 g/mol. The van der Waals surface area contributed by atoms with E-state index in [2.05, 4.69) is 22.8 Å². The Bertz CT molecular complexity index is 678. The van der Waals surface area contributed by atoms with Gasteiger partial charge in [0.15, 0.2) is 0 Å². The number of carbonyl (C=O) groups is 1. The summed E-state index contributed by atoms with van der Waals surface area (Å²) in [7, 11) is 0. The number of urea groups is 1. The highest BCUT2D eigenvalue weighted by molar-refractivity contribution is 6.30. The molecule has 0 radical (unpaired) electrons. The number of amides is 2. The lowest BCUT2D eigenvalue weighted by atomic mass is 9.96. The summed E-state index contributed by atoms with van der Waals surface area (Å²) in [5.41, 5.74) is 3.22. The zero-order valence-corrected chi connectivity index (χ0v) is 13.3. The molecule has 0 unspecified atom stereocenters. The van der Waals surface area contributed by atoms with Gasteiger partial charge in [-0.05, 0) is 49.1 Å². The molecule has 1 aliphatic carbocycles. The van der Waals surface area contributed by atoms with Crippen molar-refractivity contribution in [3.63, 3.8) is 0 Å². The van der Waals surface area contributed by atoms with E-state index in [1.165, 1.54) is 5.56 Å². The zero-order chi connectivity index (χ0) is 15.6. The minimum atomic E-state index is -0.158. The molecule has 2 aromatic rings. The van der Waals surface area contributed by atoms with Crippen molar-refractivity contribution >= 4 is 23.3 Å². The van der Waals surface area contributed by atoms with E-state index in [0.717, 1.165) is 29.1 Å². The number of para-hydroxylation sites is 1. The minimum absolute atomic E-state index is 0.0770. The molecule has 2 N–H and O–H groups in total. The van der Waals surface area contributed by atoms with E-state index in [4.69, 9.17) is 11.6 Å². The van der Waals surface area contributed by atoms with Gasteiger partial charge in [-0.15, -0.1) is 0 Å². The maximum atomic E-state index is 12.1. The van der Waals surface area contributed by atoms with Crippen LogP contribution in [0.25, 0.3) is 0 Å². The third kappa shape index (κ3) is 3.25. The first kappa shape index (κ1) is 14.9. The summed E-state index contributed by atoms with van der Waals surface area (Å²) in [6.07, 6.45) is 2.19. The molecule has 1 aliphatic rings. The molecule has 22 heavy (non-hydrogen) atoms. The monoisotopic (exact) mass is 314 g/mol. The van der Waals surface area contributed by atoms with Gasteiger partial charge in [0.1, 0.15) is 0 Å². The molecule has 0 aromatic heterocycles. The zero-order valence-electron chi connectivity index (χ0n) is 12.5. The summed E-state index contributed by atoms with van der Waals surface area (Å²) < 4.78 is 0. The number of hydrogen-bond acceptors (Lipinski definition) is 1. The molecule has 3 nitrogen and oxygen atoms in total. The average molecular weight is 315 g/mol. The Morgan fingerprint density at radius 1 is 1.14 bits per heavy atom. The van der Waals surface area contributed by atoms with Crippen molar-refractivity contribution < 1.29 is 4.79 Å². The third-order valence-electron chi connectivity index (χ3n) is 4.29. The van der Waals surface area contributed by atoms with Crippen LogP contribution >= 0.6 is 11.6 Å². The van der Waals surface area contributed by atoms with Crippen LogP contribution in [0, 0.1) is 6.92 Å². The first-order valence-corrected chi connectivity index (χ1v) is 7.83. The molecular formula is C18H19ClN2O. The summed E-state index contributed by atoms with van der Waals surface area (Å²) in [5, 5.41) is 6.63. The highest BCUT2D eigenvalue weighted by Crippen LogP contribution is 2.47. The summed E-state index contributed by atoms with van der Waals surface area (Å²) in [5.74, 6) is 0. The van der Waals surface area contributed by atoms with Gasteiger partial charge in [-0.2, -0.15) is 0 Å². The Morgan fingerprint density at radius 3 is 2.45 bits per heavy atom. The van der Waals surface area contributed by atoms with Gasteiger partial charge in [-0.25, -0.2) is 4.79 Å². The predicted octanol–water partition coefficient (Wildman–Crippen LogP) is 4.50. The van der Waals surface area contributed by atoms with Gasteiger partial charge in [0.2, 0.25) is 0 Å². The lowest BCUT2D eigenvalue weighted by Crippen LogP contribution is -2.35. The van der Waals surface area contributed by atoms with E-state index in [9.17, 15) is 4.79 Å². The Kier molecular flexibility index (Phi) is 4.08. The minimum Gasteiger partial charge on any atom is -0.337 e. The van der Waals surface area contributed by atoms with Gasteiger partial charge in [0.25, 0.3) is 0 Å². The van der Waals surface area contributed by atoms with Crippen LogP contribution in [-0.4, -0.2) is 12.6 Å². The van der Waals surface area contributed by atoms with Crippen LogP contribution in [0.4, 0.5) is 10.5 Å². The number of halogens is 1. The van der Waals surface area contributed by atoms with Crippen LogP contribution in [0.15, 0.2) is 48.5 Å². The SMILES string of the molecule is Cc1ccccc1NC(=O)NCC1(c2ccc(Cl)cc2)CC1. The maximum Gasteiger partial charge on any atom is 0.319 e. The van der Waals surface area contributed by atoms with E-state index in [1.54, 1.807) is 0 Å². The topological polar surface area (TPSA) is 41.1 Å². The van der Waals surface area contributed by atoms with E-state index in [0.29, 0.717) is 6.54 Å². The smallest absolute Gasteiger partial charge is 0.319 e. The normalized spacial score (nSPS) is 15.2. The van der Waals surface area contributed by atoms with Gasteiger partial charge in [0.05, 0.1) is 0 Å². The summed E-state index contributed by atoms with van der Waals surface area (Å²) in [6, 6.07) is 15.5. The lowest BCUT2D eigenvalue weighted by molar-refractivity contribution is 0.251. The second kappa shape index (κ2) is 6.01. The molecule has 4 heteroatoms. The van der Waals surface area contributed by atoms with Crippen LogP contribution in [0.3, 0.4) is 0 Å². The van der Waals surface area contributed by atoms with E-state index >= 15 is 0 Å². The molecule has 0 bridgehead atoms. The van der Waals surface area contributed by atoms with E-state index in [1.807, 2.05) is 43.3 Å². The first-order chi connectivity index (χ1) is 10.6. The van der Waals surface area contributed by atoms with Crippen molar-refractivity contribution in [2.75, 3.05) is 11.9 Å². The van der Waals surface area contributed by atoms with Crippen LogP contribution in [-0.2, 0) is 5.41 Å². The Hall–Kier alpha value is -2.00. The molecule has 0 spiro atoms. The van der Waals surface area contributed by atoms with Gasteiger partial charge in [0, 0.05) is 22.7 Å². The molecule has 114 valence electrons. The highest BCUT2D eigenvalue weighted by Gasteiger charge is 2.44. The third-order valence-corrected chi connectivity index (χ3v) is 4.54. The molecule has 2 amide bonds. The molecule has 0 heterocycles. The Morgan fingerprint density at radius 2 is 1.82 bits per heavy atom. The van der Waals surface area contributed by atoms with Crippen molar-refractivity contribution in [2.24, 2.45) is 0 Å². The molecule has 3 rings (SSSR count). The van der Waals surface area contributed by atoms with Crippen molar-refractivity contribution in [2.45, 2.75) is 25.2 Å². The fourth-order valence-corrected chi connectivity index (χ4v) is 2.78. The number of nitrogens with one attached hydrogen (secondary N) is 2. The molecule has 0 aliphatic heterocycles. The number of rotatable bonds is 4. The van der Waals surface area contributed by atoms with Gasteiger partial charge >= 0.3 is 6.03 Å². The molecule has 0 saturated heterocycles. The number of carbonyl (C=O) groups excluding carboxylic acids is 1. The maximum absolute atomic E-state index is 12.1. The fraction of sp³-hybridized carbons (Fsp3) is 0.278. The molecule has 1 saturated carbocycles. The first-order valence-electron chi connectivity index (χ1n) is 7.46. The van der Waals surface area contributed by atoms with Gasteiger partial charge < -0.3 is 10.6 Å². The quantitative estimate of drug-likeness (QED) is 0.857. The highest BCUT2D eigenvalue weighted by atomic mass is 35.5.